The van der Waals surface area contributed by atoms with Crippen LogP contribution in [0.15, 0.2) is 267 Å². The summed E-state index contributed by atoms with van der Waals surface area (Å²) in [6.07, 6.45) is 13.7. The van der Waals surface area contributed by atoms with Crippen LogP contribution >= 0.6 is 0 Å². The molecule has 0 aromatic heterocycles. The normalized spacial score (nSPS) is 14.6. The second kappa shape index (κ2) is 19.8. The SMILES string of the molecule is C/C=C\C=C(/Cc1ccccc1)N(c1ccc(-c2ccccc2)cc1)c1ccc2c(c1)C(c1ccccc1)(c1ccccc1)c1c(-c3ccc(C(C)/C=C\C=C4/COc5ccccc54)cc3)cc(F)cc1-2. The number of hydrogen-bond acceptors (Lipinski definition) is 2. The van der Waals surface area contributed by atoms with Crippen molar-refractivity contribution in [3.63, 3.8) is 0 Å². The lowest BCUT2D eigenvalue weighted by Gasteiger charge is -2.36. The van der Waals surface area contributed by atoms with Crippen molar-refractivity contribution >= 4 is 16.9 Å². The highest BCUT2D eigenvalue weighted by molar-refractivity contribution is 5.94. The second-order valence-electron chi connectivity index (χ2n) is 18.5. The second-order valence-corrected chi connectivity index (χ2v) is 18.5. The molecule has 1 aliphatic carbocycles. The number of anilines is 2. The lowest BCUT2D eigenvalue weighted by molar-refractivity contribution is 0.388. The molecule has 0 amide bonds. The summed E-state index contributed by atoms with van der Waals surface area (Å²) < 4.78 is 22.5. The van der Waals surface area contributed by atoms with Gasteiger partial charge in [-0.05, 0) is 128 Å². The summed E-state index contributed by atoms with van der Waals surface area (Å²) in [6.45, 7) is 4.85. The van der Waals surface area contributed by atoms with E-state index in [-0.39, 0.29) is 11.7 Å². The maximum Gasteiger partial charge on any atom is 0.127 e. The van der Waals surface area contributed by atoms with Gasteiger partial charge in [-0.25, -0.2) is 4.39 Å². The third-order valence-corrected chi connectivity index (χ3v) is 14.1. The van der Waals surface area contributed by atoms with E-state index < -0.39 is 5.41 Å². The van der Waals surface area contributed by atoms with Crippen LogP contribution in [0, 0.1) is 5.82 Å². The van der Waals surface area contributed by atoms with Crippen LogP contribution in [0.2, 0.25) is 0 Å². The van der Waals surface area contributed by atoms with Gasteiger partial charge in [0.05, 0.1) is 5.41 Å². The number of halogens is 1. The Bertz CT molecular complexity index is 3410. The maximum atomic E-state index is 16.6. The van der Waals surface area contributed by atoms with Crippen LogP contribution in [0.3, 0.4) is 0 Å². The minimum atomic E-state index is -0.813. The first kappa shape index (κ1) is 44.9. The molecular formula is C68H54FNO. The quantitative estimate of drug-likeness (QED) is 0.107. The summed E-state index contributed by atoms with van der Waals surface area (Å²) >= 11 is 0. The molecule has 0 saturated heterocycles. The number of ether oxygens (including phenoxy) is 1. The zero-order valence-corrected chi connectivity index (χ0v) is 40.1. The third kappa shape index (κ3) is 8.66. The molecule has 2 aliphatic rings. The standard InChI is InChI=1S/C68H54FNO/c1-3-4-30-59(43-49-21-9-5-10-22-49)70(58-39-37-52(38-40-58)51-23-11-6-12-24-51)60-41-42-62-64-45-57(69)44-63(67(64)68(65(62)46-60,55-26-13-7-14-27-55)56-28-15-8-16-29-56)53-35-33-50(34-36-53)48(2)20-19-25-54-47-71-66-32-18-17-31-61(54)66/h3-42,44-46,48H,43,47H2,1-2H3/b4-3-,20-19-,54-25+,59-30+. The molecule has 3 heteroatoms. The average molecular weight is 920 g/mol. The summed E-state index contributed by atoms with van der Waals surface area (Å²) in [7, 11) is 0. The number of benzene rings is 9. The third-order valence-electron chi connectivity index (χ3n) is 14.1. The first-order chi connectivity index (χ1) is 35.0. The van der Waals surface area contributed by atoms with Crippen LogP contribution in [-0.2, 0) is 11.8 Å². The Hall–Kier alpha value is -8.53. The molecule has 9 aromatic carbocycles. The van der Waals surface area contributed by atoms with Gasteiger partial charge in [-0.2, -0.15) is 0 Å². The van der Waals surface area contributed by atoms with Gasteiger partial charge in [-0.3, -0.25) is 0 Å². The molecule has 71 heavy (non-hydrogen) atoms. The summed E-state index contributed by atoms with van der Waals surface area (Å²) in [6, 6.07) is 79.0. The van der Waals surface area contributed by atoms with Gasteiger partial charge in [0.25, 0.3) is 0 Å². The molecule has 0 bridgehead atoms. The highest BCUT2D eigenvalue weighted by Gasteiger charge is 2.48. The zero-order chi connectivity index (χ0) is 48.2. The molecule has 0 spiro atoms. The zero-order valence-electron chi connectivity index (χ0n) is 40.1. The largest absolute Gasteiger partial charge is 0.488 e. The van der Waals surface area contributed by atoms with Crippen molar-refractivity contribution in [3.8, 4) is 39.1 Å². The van der Waals surface area contributed by atoms with Crippen molar-refractivity contribution in [2.45, 2.75) is 31.6 Å². The summed E-state index contributed by atoms with van der Waals surface area (Å²) in [4.78, 5) is 2.40. The maximum absolute atomic E-state index is 16.6. The molecule has 1 heterocycles. The highest BCUT2D eigenvalue weighted by atomic mass is 19.1. The van der Waals surface area contributed by atoms with Gasteiger partial charge in [0.15, 0.2) is 0 Å². The molecule has 1 aliphatic heterocycles. The predicted octanol–water partition coefficient (Wildman–Crippen LogP) is 17.5. The van der Waals surface area contributed by atoms with Gasteiger partial charge >= 0.3 is 0 Å². The monoisotopic (exact) mass is 919 g/mol. The number of fused-ring (bicyclic) bond motifs is 4. The fraction of sp³-hybridized carbons (Fsp3) is 0.0882. The van der Waals surface area contributed by atoms with E-state index in [1.165, 1.54) is 22.3 Å². The lowest BCUT2D eigenvalue weighted by atomic mass is 9.66. The van der Waals surface area contributed by atoms with E-state index in [9.17, 15) is 0 Å². The summed E-state index contributed by atoms with van der Waals surface area (Å²) in [5.41, 5.74) is 17.6. The minimum absolute atomic E-state index is 0.151. The molecule has 344 valence electrons. The predicted molar refractivity (Wildman–Crippen MR) is 294 cm³/mol. The van der Waals surface area contributed by atoms with Crippen molar-refractivity contribution in [3.05, 3.63) is 311 Å². The number of para-hydroxylation sites is 1. The Kier molecular flexibility index (Phi) is 12.6. The van der Waals surface area contributed by atoms with Crippen LogP contribution < -0.4 is 9.64 Å². The summed E-state index contributed by atoms with van der Waals surface area (Å²) in [5.74, 6) is 0.818. The van der Waals surface area contributed by atoms with E-state index in [0.29, 0.717) is 13.0 Å². The highest BCUT2D eigenvalue weighted by Crippen LogP contribution is 2.60. The Labute approximate surface area is 417 Å². The van der Waals surface area contributed by atoms with E-state index >= 15 is 4.39 Å². The van der Waals surface area contributed by atoms with E-state index in [2.05, 4.69) is 255 Å². The fourth-order valence-corrected chi connectivity index (χ4v) is 10.7. The van der Waals surface area contributed by atoms with Crippen LogP contribution in [0.4, 0.5) is 15.8 Å². The van der Waals surface area contributed by atoms with Gasteiger partial charge in [0.1, 0.15) is 18.2 Å². The molecule has 0 radical (unpaired) electrons. The first-order valence-electron chi connectivity index (χ1n) is 24.6. The van der Waals surface area contributed by atoms with E-state index in [0.717, 1.165) is 78.5 Å². The number of hydrogen-bond donors (Lipinski definition) is 0. The first-order valence-corrected chi connectivity index (χ1v) is 24.6. The smallest absolute Gasteiger partial charge is 0.127 e. The van der Waals surface area contributed by atoms with Crippen molar-refractivity contribution in [1.82, 2.24) is 0 Å². The Balaban J connectivity index is 1.07. The van der Waals surface area contributed by atoms with Gasteiger partial charge in [-0.1, -0.05) is 219 Å². The van der Waals surface area contributed by atoms with Gasteiger partial charge in [0, 0.05) is 34.6 Å². The number of rotatable bonds is 13. The molecule has 1 unspecified atom stereocenters. The molecule has 9 aromatic rings. The van der Waals surface area contributed by atoms with Gasteiger partial charge in [0.2, 0.25) is 0 Å². The number of allylic oxidation sites excluding steroid dienone is 7. The van der Waals surface area contributed by atoms with E-state index in [4.69, 9.17) is 4.74 Å². The fourth-order valence-electron chi connectivity index (χ4n) is 10.7. The average Bonchev–Trinajstić information content (AvgIpc) is 3.98. The van der Waals surface area contributed by atoms with Crippen LogP contribution in [0.5, 0.6) is 5.75 Å². The van der Waals surface area contributed by atoms with Crippen molar-refractivity contribution in [2.24, 2.45) is 0 Å². The Morgan fingerprint density at radius 3 is 1.86 bits per heavy atom. The Morgan fingerprint density at radius 2 is 1.17 bits per heavy atom. The van der Waals surface area contributed by atoms with Crippen molar-refractivity contribution in [2.75, 3.05) is 11.5 Å². The topological polar surface area (TPSA) is 12.5 Å². The van der Waals surface area contributed by atoms with Gasteiger partial charge < -0.3 is 9.64 Å². The van der Waals surface area contributed by atoms with E-state index in [1.54, 1.807) is 12.1 Å². The van der Waals surface area contributed by atoms with Gasteiger partial charge in [-0.15, -0.1) is 0 Å². The minimum Gasteiger partial charge on any atom is -0.488 e. The lowest BCUT2D eigenvalue weighted by Crippen LogP contribution is -2.29. The molecule has 2 nitrogen and oxygen atoms in total. The van der Waals surface area contributed by atoms with Crippen molar-refractivity contribution < 1.29 is 9.13 Å². The molecule has 11 rings (SSSR count). The molecule has 0 saturated carbocycles. The number of nitrogens with zero attached hydrogens (tertiary/aromatic N) is 1. The Morgan fingerprint density at radius 1 is 0.577 bits per heavy atom. The molecular weight excluding hydrogens is 866 g/mol. The van der Waals surface area contributed by atoms with Crippen molar-refractivity contribution in [1.29, 1.82) is 0 Å². The van der Waals surface area contributed by atoms with Crippen LogP contribution in [0.1, 0.15) is 58.7 Å². The van der Waals surface area contributed by atoms with Crippen LogP contribution in [0.25, 0.3) is 39.0 Å². The van der Waals surface area contributed by atoms with Crippen LogP contribution in [-0.4, -0.2) is 6.61 Å². The summed E-state index contributed by atoms with van der Waals surface area (Å²) in [5, 5.41) is 0. The molecule has 1 atom stereocenters. The molecule has 0 N–H and O–H groups in total. The molecule has 0 fully saturated rings. The van der Waals surface area contributed by atoms with E-state index in [1.807, 2.05) is 12.1 Å².